The van der Waals surface area contributed by atoms with Crippen molar-refractivity contribution in [3.05, 3.63) is 230 Å². The Morgan fingerprint density at radius 1 is 0.473 bits per heavy atom. The van der Waals surface area contributed by atoms with Crippen LogP contribution < -0.4 is 9.30 Å². The average Bonchev–Trinajstić information content (AvgIpc) is 4.21. The van der Waals surface area contributed by atoms with E-state index in [4.69, 9.17) is 12.5 Å². The number of fused-ring (bicyclic) bond motifs is 13. The fraction of sp³-hybridized carbons (Fsp3) is 0.118. The molecule has 0 fully saturated rings. The normalized spacial score (nSPS) is 14.0. The largest absolute Gasteiger partial charge is 0.458 e. The molecule has 356 valence electrons. The molecule has 0 saturated carbocycles. The Morgan fingerprint density at radius 3 is 1.68 bits per heavy atom. The summed E-state index contributed by atoms with van der Waals surface area (Å²) in [5.41, 5.74) is 9.15. The SMILES string of the molecule is [2H]c1c([2H])c([2H])c2c(c1[2H])-c1cc(C(C)(C)C)cc(-n3c4ccccc4c4ccccc43)c1-[n+]1[c-]n(-c3cccc(Oc4ccc5c6ccccc6n(-c6cc(C(C)(C)C)ccn6)c5c4)c3)c3cccc(c31)-c1c([2H])c([2H])c([2H])c([2H])c1-2. The predicted molar refractivity (Wildman–Crippen MR) is 304 cm³/mol. The number of pyridine rings is 1. The zero-order chi connectivity index (χ0) is 57.0. The number of ether oxygens (including phenoxy) is 1. The Kier molecular flexibility index (Phi) is 7.91. The summed E-state index contributed by atoms with van der Waals surface area (Å²) < 4.78 is 91.1. The standard InChI is InChI=1S/C68H53N5O/c1-67(2,3)43-35-36-69-64(39-43)73-60-31-16-13-27-54(60)55-34-33-47(41-62(55)73)74-46-20-17-19-45(40-46)70-42-71-65-56(28-18-32-61(65)70)50-23-9-7-21-48(50)49-22-8-10-24-51(49)57-37-44(68(4,5)6)38-63(66(57)71)72-58-29-14-11-25-52(58)53-26-12-15-30-59(53)72/h7-41H,1-6H3/i7D,8D,9D,10D,21D,22D,23D,24D. The first kappa shape index (κ1) is 36.0. The van der Waals surface area contributed by atoms with Crippen LogP contribution in [0.3, 0.4) is 0 Å². The van der Waals surface area contributed by atoms with Crippen molar-refractivity contribution < 1.29 is 20.3 Å². The van der Waals surface area contributed by atoms with Gasteiger partial charge in [-0.1, -0.05) is 175 Å². The fourth-order valence-electron chi connectivity index (χ4n) is 11.0. The minimum Gasteiger partial charge on any atom is -0.458 e. The molecule has 14 rings (SSSR count). The van der Waals surface area contributed by atoms with Crippen molar-refractivity contribution in [1.29, 1.82) is 0 Å². The zero-order valence-electron chi connectivity index (χ0n) is 49.7. The molecule has 74 heavy (non-hydrogen) atoms. The monoisotopic (exact) mass is 963 g/mol. The van der Waals surface area contributed by atoms with E-state index in [1.807, 2.05) is 112 Å². The molecule has 0 atom stereocenters. The van der Waals surface area contributed by atoms with Gasteiger partial charge in [-0.2, -0.15) is 0 Å². The maximum Gasteiger partial charge on any atom is 0.269 e. The van der Waals surface area contributed by atoms with Crippen LogP contribution in [0.15, 0.2) is 212 Å². The summed E-state index contributed by atoms with van der Waals surface area (Å²) >= 11 is 0. The van der Waals surface area contributed by atoms with Crippen LogP contribution >= 0.6 is 0 Å². The van der Waals surface area contributed by atoms with Gasteiger partial charge in [-0.05, 0) is 122 Å². The Balaban J connectivity index is 1.07. The maximum absolute atomic E-state index is 9.97. The minimum atomic E-state index is -0.524. The van der Waals surface area contributed by atoms with Gasteiger partial charge in [-0.25, -0.2) is 4.98 Å². The van der Waals surface area contributed by atoms with Gasteiger partial charge in [0.2, 0.25) is 0 Å². The first-order chi connectivity index (χ1) is 39.3. The van der Waals surface area contributed by atoms with Crippen molar-refractivity contribution in [1.82, 2.24) is 18.7 Å². The lowest BCUT2D eigenvalue weighted by Crippen LogP contribution is -2.33. The van der Waals surface area contributed by atoms with E-state index in [-0.39, 0.29) is 39.8 Å². The molecule has 0 aliphatic carbocycles. The van der Waals surface area contributed by atoms with E-state index in [9.17, 15) is 8.22 Å². The molecule has 6 heteroatoms. The van der Waals surface area contributed by atoms with Gasteiger partial charge in [0.05, 0.1) is 61.1 Å². The Bertz CT molecular complexity index is 4870. The molecule has 0 saturated heterocycles. The molecule has 6 nitrogen and oxygen atoms in total. The lowest BCUT2D eigenvalue weighted by molar-refractivity contribution is -0.571. The van der Waals surface area contributed by atoms with E-state index >= 15 is 0 Å². The third-order valence-corrected chi connectivity index (χ3v) is 14.6. The van der Waals surface area contributed by atoms with Crippen LogP contribution in [0.1, 0.15) is 63.6 Å². The molecule has 0 amide bonds. The van der Waals surface area contributed by atoms with Gasteiger partial charge in [0, 0.05) is 33.8 Å². The number of aromatic nitrogens is 5. The smallest absolute Gasteiger partial charge is 0.269 e. The highest BCUT2D eigenvalue weighted by atomic mass is 16.5. The quantitative estimate of drug-likeness (QED) is 0.127. The predicted octanol–water partition coefficient (Wildman–Crippen LogP) is 17.0. The van der Waals surface area contributed by atoms with Gasteiger partial charge in [0.15, 0.2) is 0 Å². The summed E-state index contributed by atoms with van der Waals surface area (Å²) in [4.78, 5) is 4.89. The summed E-state index contributed by atoms with van der Waals surface area (Å²) in [5, 5.41) is 4.17. The maximum atomic E-state index is 9.97. The zero-order valence-corrected chi connectivity index (χ0v) is 41.7. The molecule has 1 aliphatic heterocycles. The summed E-state index contributed by atoms with van der Waals surface area (Å²) in [6.07, 6.45) is 5.65. The van der Waals surface area contributed by atoms with Crippen molar-refractivity contribution in [3.63, 3.8) is 0 Å². The van der Waals surface area contributed by atoms with Crippen LogP contribution in [0, 0.1) is 6.33 Å². The molecule has 0 N–H and O–H groups in total. The second-order valence-electron chi connectivity index (χ2n) is 21.2. The fourth-order valence-corrected chi connectivity index (χ4v) is 11.0. The van der Waals surface area contributed by atoms with Crippen LogP contribution in [0.4, 0.5) is 0 Å². The molecule has 0 radical (unpaired) electrons. The minimum absolute atomic E-state index is 0.0257. The summed E-state index contributed by atoms with van der Waals surface area (Å²) in [6.45, 7) is 12.9. The van der Waals surface area contributed by atoms with Crippen LogP contribution in [-0.4, -0.2) is 18.7 Å². The second kappa shape index (κ2) is 16.3. The Labute approximate surface area is 441 Å². The van der Waals surface area contributed by atoms with Gasteiger partial charge >= 0.3 is 0 Å². The molecule has 0 unspecified atom stereocenters. The number of para-hydroxylation sites is 4. The molecule has 0 bridgehead atoms. The Hall–Kier alpha value is -9.00. The summed E-state index contributed by atoms with van der Waals surface area (Å²) in [6, 6.07) is 49.0. The third kappa shape index (κ3) is 6.78. The van der Waals surface area contributed by atoms with Gasteiger partial charge in [-0.15, -0.1) is 0 Å². The number of rotatable bonds is 5. The van der Waals surface area contributed by atoms with Gasteiger partial charge in [-0.3, -0.25) is 13.7 Å². The van der Waals surface area contributed by atoms with Gasteiger partial charge in [0.25, 0.3) is 6.33 Å². The molecule has 13 aromatic rings. The number of nitrogens with zero attached hydrogens (tertiary/aromatic N) is 5. The lowest BCUT2D eigenvalue weighted by atomic mass is 9.83. The number of benzene rings is 9. The van der Waals surface area contributed by atoms with Gasteiger partial charge < -0.3 is 9.30 Å². The van der Waals surface area contributed by atoms with Crippen molar-refractivity contribution >= 4 is 54.6 Å². The molecule has 1 aliphatic rings. The summed E-state index contributed by atoms with van der Waals surface area (Å²) in [5.74, 6) is 1.95. The van der Waals surface area contributed by atoms with Crippen LogP contribution in [0.5, 0.6) is 11.5 Å². The molecular weight excluding hydrogens is 903 g/mol. The molecule has 4 aromatic heterocycles. The van der Waals surface area contributed by atoms with Crippen LogP contribution in [-0.2, 0) is 10.8 Å². The van der Waals surface area contributed by atoms with E-state index in [0.29, 0.717) is 50.7 Å². The lowest BCUT2D eigenvalue weighted by Gasteiger charge is -2.26. The average molecular weight is 964 g/mol. The van der Waals surface area contributed by atoms with E-state index in [2.05, 4.69) is 118 Å². The number of hydrogen-bond acceptors (Lipinski definition) is 2. The van der Waals surface area contributed by atoms with Crippen molar-refractivity contribution in [2.75, 3.05) is 0 Å². The highest BCUT2D eigenvalue weighted by Gasteiger charge is 2.30. The number of hydrogen-bond donors (Lipinski definition) is 0. The second-order valence-corrected chi connectivity index (χ2v) is 21.2. The van der Waals surface area contributed by atoms with E-state index < -0.39 is 41.7 Å². The van der Waals surface area contributed by atoms with E-state index in [0.717, 1.165) is 55.0 Å². The molecule has 0 spiro atoms. The molecular formula is C68H53N5O. The van der Waals surface area contributed by atoms with Crippen LogP contribution in [0.25, 0.3) is 111 Å². The highest BCUT2D eigenvalue weighted by Crippen LogP contribution is 2.47. The molecule has 5 heterocycles. The van der Waals surface area contributed by atoms with Crippen molar-refractivity contribution in [2.24, 2.45) is 0 Å². The summed E-state index contributed by atoms with van der Waals surface area (Å²) in [7, 11) is 0. The van der Waals surface area contributed by atoms with E-state index in [1.54, 1.807) is 0 Å². The highest BCUT2D eigenvalue weighted by molar-refractivity contribution is 6.11. The van der Waals surface area contributed by atoms with Crippen LogP contribution in [0.2, 0.25) is 0 Å². The first-order valence-corrected chi connectivity index (χ1v) is 25.0. The third-order valence-electron chi connectivity index (χ3n) is 14.6. The van der Waals surface area contributed by atoms with Crippen molar-refractivity contribution in [2.45, 2.75) is 52.4 Å². The first-order valence-electron chi connectivity index (χ1n) is 29.0. The van der Waals surface area contributed by atoms with Gasteiger partial charge in [0.1, 0.15) is 17.3 Å². The number of imidazole rings is 1. The van der Waals surface area contributed by atoms with Crippen molar-refractivity contribution in [3.8, 4) is 67.8 Å². The molecule has 9 aromatic carbocycles. The topological polar surface area (TPSA) is 40.8 Å². The van der Waals surface area contributed by atoms with E-state index in [1.165, 1.54) is 5.56 Å². The Morgan fingerprint density at radius 2 is 1.03 bits per heavy atom.